The molecule has 0 fully saturated rings. The fraction of sp³-hybridized carbons (Fsp3) is 0.867. The van der Waals surface area contributed by atoms with Crippen molar-refractivity contribution in [2.24, 2.45) is 0 Å². The van der Waals surface area contributed by atoms with E-state index in [1.54, 1.807) is 0 Å². The highest BCUT2D eigenvalue weighted by molar-refractivity contribution is 6.39. The molecule has 0 spiro atoms. The lowest BCUT2D eigenvalue weighted by Crippen LogP contribution is -2.31. The van der Waals surface area contributed by atoms with Gasteiger partial charge in [0.25, 0.3) is 5.97 Å². The Balaban J connectivity index is 4.09. The summed E-state index contributed by atoms with van der Waals surface area (Å²) in [6.45, 7) is 7.22. The van der Waals surface area contributed by atoms with Crippen LogP contribution in [-0.2, 0) is 21.0 Å². The molecule has 0 radical (unpaired) electrons. The molecule has 0 aliphatic carbocycles. The first-order chi connectivity index (χ1) is 10.1. The van der Waals surface area contributed by atoms with E-state index in [9.17, 15) is 9.59 Å². The third-order valence-electron chi connectivity index (χ3n) is 2.88. The molecule has 0 saturated carbocycles. The minimum atomic E-state index is -2.44. The maximum Gasteiger partial charge on any atom is 1.00 e. The molecule has 122 valence electrons. The number of hydrogen-bond acceptors (Lipinski definition) is 5. The molecule has 0 atom stereocenters. The molecule has 0 unspecified atom stereocenters. The molecular weight excluding hydrogens is 287 g/mol. The lowest BCUT2D eigenvalue weighted by Gasteiger charge is -2.13. The highest BCUT2D eigenvalue weighted by Gasteiger charge is 2.37. The Kier molecular flexibility index (Phi) is 14.2. The largest absolute Gasteiger partial charge is 1.00 e. The summed E-state index contributed by atoms with van der Waals surface area (Å²) in [5.41, 5.74) is 0. The van der Waals surface area contributed by atoms with Gasteiger partial charge in [-0.05, 0) is 19.3 Å². The quantitative estimate of drug-likeness (QED) is 0.279. The Morgan fingerprint density at radius 2 is 1.38 bits per heavy atom. The molecule has 0 aromatic rings. The van der Waals surface area contributed by atoms with Crippen LogP contribution < -0.4 is 0 Å². The number of Topliss-reactive ketones (excluding diaryl/α,β-unsaturated/α-hetero) is 1. The first-order valence-corrected chi connectivity index (χ1v) is 9.49. The third kappa shape index (κ3) is 13.0. The van der Waals surface area contributed by atoms with E-state index in [0.29, 0.717) is 19.6 Å². The van der Waals surface area contributed by atoms with Gasteiger partial charge in [-0.1, -0.05) is 40.0 Å². The van der Waals surface area contributed by atoms with Crippen LogP contribution in [0, 0.1) is 0 Å². The van der Waals surface area contributed by atoms with E-state index in [1.165, 1.54) is 0 Å². The predicted molar refractivity (Wildman–Crippen MR) is 82.7 cm³/mol. The smallest absolute Gasteiger partial charge is 0.572 e. The molecule has 0 saturated heterocycles. The Labute approximate surface area is 133 Å². The van der Waals surface area contributed by atoms with Gasteiger partial charge < -0.3 is 11.4 Å². The summed E-state index contributed by atoms with van der Waals surface area (Å²) < 4.78 is 16.3. The SMILES string of the molecule is CCCC[O][Al]([O]CCCC)[O]C(=O)CC(=O)CCCC. The van der Waals surface area contributed by atoms with Crippen molar-refractivity contribution in [2.45, 2.75) is 72.1 Å². The Morgan fingerprint density at radius 1 is 0.857 bits per heavy atom. The van der Waals surface area contributed by atoms with Crippen molar-refractivity contribution in [3.8, 4) is 0 Å². The van der Waals surface area contributed by atoms with Crippen molar-refractivity contribution < 1.29 is 21.0 Å². The highest BCUT2D eigenvalue weighted by Crippen LogP contribution is 2.04. The standard InChI is InChI=1S/C7H12O3.2C4H9O.Al/c1-2-3-4-6(8)5-7(9)10;2*1-2-3-4-5;/h2-5H2,1H3,(H,9,10);2*2-4H2,1H3;/q;2*-1;+3/p-1. The summed E-state index contributed by atoms with van der Waals surface area (Å²) in [5.74, 6) is -0.586. The fourth-order valence-corrected chi connectivity index (χ4v) is 2.78. The van der Waals surface area contributed by atoms with Crippen molar-refractivity contribution in [3.05, 3.63) is 0 Å². The minimum Gasteiger partial charge on any atom is -0.572 e. The van der Waals surface area contributed by atoms with Gasteiger partial charge >= 0.3 is 15.1 Å². The van der Waals surface area contributed by atoms with Crippen molar-refractivity contribution >= 4 is 26.9 Å². The predicted octanol–water partition coefficient (Wildman–Crippen LogP) is 3.30. The lowest BCUT2D eigenvalue weighted by molar-refractivity contribution is -0.141. The van der Waals surface area contributed by atoms with Gasteiger partial charge in [0.2, 0.25) is 0 Å². The molecule has 0 aliphatic rings. The molecular formula is C15H29AlO5. The van der Waals surface area contributed by atoms with Crippen molar-refractivity contribution in [2.75, 3.05) is 13.2 Å². The second kappa shape index (κ2) is 14.5. The van der Waals surface area contributed by atoms with Gasteiger partial charge in [-0.2, -0.15) is 0 Å². The first kappa shape index (κ1) is 20.6. The maximum atomic E-state index is 11.7. The summed E-state index contributed by atoms with van der Waals surface area (Å²) in [4.78, 5) is 23.3. The monoisotopic (exact) mass is 316 g/mol. The lowest BCUT2D eigenvalue weighted by atomic mass is 10.1. The number of rotatable bonds is 14. The molecule has 0 aliphatic heterocycles. The molecule has 0 bridgehead atoms. The summed E-state index contributed by atoms with van der Waals surface area (Å²) in [7, 11) is 0. The maximum absolute atomic E-state index is 11.7. The zero-order valence-corrected chi connectivity index (χ0v) is 14.8. The third-order valence-corrected chi connectivity index (χ3v) is 4.35. The molecule has 21 heavy (non-hydrogen) atoms. The van der Waals surface area contributed by atoms with Crippen LogP contribution in [0.1, 0.15) is 72.1 Å². The van der Waals surface area contributed by atoms with E-state index in [2.05, 4.69) is 13.8 Å². The van der Waals surface area contributed by atoms with Gasteiger partial charge in [0.15, 0.2) is 0 Å². The van der Waals surface area contributed by atoms with E-state index in [-0.39, 0.29) is 12.2 Å². The van der Waals surface area contributed by atoms with E-state index in [1.807, 2.05) is 6.92 Å². The molecule has 0 aromatic heterocycles. The van der Waals surface area contributed by atoms with Crippen LogP contribution >= 0.6 is 0 Å². The molecule has 5 nitrogen and oxygen atoms in total. The van der Waals surface area contributed by atoms with Gasteiger partial charge in [-0.3, -0.25) is 9.59 Å². The summed E-state index contributed by atoms with van der Waals surface area (Å²) >= 11 is -2.44. The normalized spacial score (nSPS) is 10.4. The number of carbonyl (C=O) groups is 2. The Morgan fingerprint density at radius 3 is 1.86 bits per heavy atom. The zero-order chi connectivity index (χ0) is 15.9. The van der Waals surface area contributed by atoms with E-state index >= 15 is 0 Å². The highest BCUT2D eigenvalue weighted by atomic mass is 27.3. The van der Waals surface area contributed by atoms with Crippen molar-refractivity contribution in [1.29, 1.82) is 0 Å². The van der Waals surface area contributed by atoms with Gasteiger partial charge in [0.1, 0.15) is 12.2 Å². The van der Waals surface area contributed by atoms with E-state index < -0.39 is 21.1 Å². The molecule has 0 N–H and O–H groups in total. The van der Waals surface area contributed by atoms with Gasteiger partial charge in [-0.25, -0.2) is 0 Å². The second-order valence-corrected chi connectivity index (χ2v) is 6.53. The summed E-state index contributed by atoms with van der Waals surface area (Å²) in [6.07, 6.45) is 5.87. The Hall–Kier alpha value is -0.408. The molecule has 0 amide bonds. The van der Waals surface area contributed by atoms with Gasteiger partial charge in [0, 0.05) is 19.6 Å². The van der Waals surface area contributed by atoms with Crippen LogP contribution in [0.4, 0.5) is 0 Å². The molecule has 0 aromatic carbocycles. The van der Waals surface area contributed by atoms with E-state index in [0.717, 1.165) is 38.5 Å². The van der Waals surface area contributed by atoms with Gasteiger partial charge in [-0.15, -0.1) is 0 Å². The minimum absolute atomic E-state index is 0.0725. The number of ketones is 1. The molecule has 0 rings (SSSR count). The van der Waals surface area contributed by atoms with Crippen LogP contribution in [0.3, 0.4) is 0 Å². The molecule has 6 heteroatoms. The van der Waals surface area contributed by atoms with Crippen LogP contribution in [0.5, 0.6) is 0 Å². The average molecular weight is 316 g/mol. The summed E-state index contributed by atoms with van der Waals surface area (Å²) in [6, 6.07) is 0. The fourth-order valence-electron chi connectivity index (χ4n) is 1.54. The number of unbranched alkanes of at least 4 members (excludes halogenated alkanes) is 3. The summed E-state index contributed by atoms with van der Waals surface area (Å²) in [5, 5.41) is 0. The topological polar surface area (TPSA) is 61.8 Å². The Bertz CT molecular complexity index is 273. The van der Waals surface area contributed by atoms with Crippen molar-refractivity contribution in [3.63, 3.8) is 0 Å². The van der Waals surface area contributed by atoms with E-state index in [4.69, 9.17) is 11.4 Å². The van der Waals surface area contributed by atoms with Crippen LogP contribution in [0.15, 0.2) is 0 Å². The number of carbonyl (C=O) groups excluding carboxylic acids is 2. The number of hydrogen-bond donors (Lipinski definition) is 0. The van der Waals surface area contributed by atoms with Gasteiger partial charge in [0.05, 0.1) is 0 Å². The van der Waals surface area contributed by atoms with Crippen LogP contribution in [0.2, 0.25) is 0 Å². The zero-order valence-electron chi connectivity index (χ0n) is 13.7. The molecule has 0 heterocycles. The average Bonchev–Trinajstić information content (AvgIpc) is 2.45. The van der Waals surface area contributed by atoms with Crippen LogP contribution in [0.25, 0.3) is 0 Å². The van der Waals surface area contributed by atoms with Crippen LogP contribution in [-0.4, -0.2) is 40.1 Å². The first-order valence-electron chi connectivity index (χ1n) is 8.08. The van der Waals surface area contributed by atoms with Crippen molar-refractivity contribution in [1.82, 2.24) is 0 Å². The second-order valence-electron chi connectivity index (χ2n) is 5.05.